The Balaban J connectivity index is 2.21. The highest BCUT2D eigenvalue weighted by Crippen LogP contribution is 2.28. The number of ketones is 1. The van der Waals surface area contributed by atoms with Crippen molar-refractivity contribution < 1.29 is 4.79 Å². The van der Waals surface area contributed by atoms with E-state index in [0.29, 0.717) is 11.4 Å². The zero-order valence-corrected chi connectivity index (χ0v) is 10.9. The van der Waals surface area contributed by atoms with Crippen molar-refractivity contribution in [2.45, 2.75) is 26.2 Å². The van der Waals surface area contributed by atoms with E-state index in [1.54, 1.807) is 4.68 Å². The average Bonchev–Trinajstić information content (AvgIpc) is 2.69. The molecular weight excluding hydrogens is 248 g/mol. The SMILES string of the molecule is Cc1c2c(nn1-c1ccccc1Cl)CCCC2=O. The molecule has 0 bridgehead atoms. The lowest BCUT2D eigenvalue weighted by Gasteiger charge is -2.08. The number of rotatable bonds is 1. The lowest BCUT2D eigenvalue weighted by molar-refractivity contribution is 0.0972. The molecule has 0 radical (unpaired) electrons. The van der Waals surface area contributed by atoms with Gasteiger partial charge in [-0.15, -0.1) is 0 Å². The van der Waals surface area contributed by atoms with E-state index in [-0.39, 0.29) is 5.78 Å². The standard InChI is InChI=1S/C14H13ClN2O/c1-9-14-11(6-4-8-13(14)18)16-17(9)12-7-3-2-5-10(12)15/h2-3,5,7H,4,6,8H2,1H3. The van der Waals surface area contributed by atoms with Crippen LogP contribution in [0.4, 0.5) is 0 Å². The zero-order chi connectivity index (χ0) is 12.7. The van der Waals surface area contributed by atoms with E-state index in [0.717, 1.165) is 35.5 Å². The van der Waals surface area contributed by atoms with Gasteiger partial charge in [0.05, 0.1) is 27.7 Å². The Morgan fingerprint density at radius 2 is 2.06 bits per heavy atom. The number of benzene rings is 1. The number of Topliss-reactive ketones (excluding diaryl/α,β-unsaturated/α-hetero) is 1. The average molecular weight is 261 g/mol. The van der Waals surface area contributed by atoms with Gasteiger partial charge in [0.15, 0.2) is 5.78 Å². The summed E-state index contributed by atoms with van der Waals surface area (Å²) >= 11 is 6.18. The van der Waals surface area contributed by atoms with Crippen molar-refractivity contribution in [1.29, 1.82) is 0 Å². The highest BCUT2D eigenvalue weighted by Gasteiger charge is 2.25. The Morgan fingerprint density at radius 3 is 2.78 bits per heavy atom. The van der Waals surface area contributed by atoms with Gasteiger partial charge in [0, 0.05) is 6.42 Å². The van der Waals surface area contributed by atoms with Crippen molar-refractivity contribution in [3.05, 3.63) is 46.2 Å². The molecule has 0 aliphatic heterocycles. The van der Waals surface area contributed by atoms with Crippen LogP contribution < -0.4 is 0 Å². The highest BCUT2D eigenvalue weighted by molar-refractivity contribution is 6.32. The number of fused-ring (bicyclic) bond motifs is 1. The molecule has 3 nitrogen and oxygen atoms in total. The third kappa shape index (κ3) is 1.66. The van der Waals surface area contributed by atoms with Gasteiger partial charge in [0.2, 0.25) is 0 Å². The van der Waals surface area contributed by atoms with E-state index in [1.165, 1.54) is 0 Å². The molecule has 1 aromatic carbocycles. The van der Waals surface area contributed by atoms with Crippen molar-refractivity contribution in [2.24, 2.45) is 0 Å². The van der Waals surface area contributed by atoms with Crippen LogP contribution in [-0.4, -0.2) is 15.6 Å². The smallest absolute Gasteiger partial charge is 0.166 e. The second-order valence-electron chi connectivity index (χ2n) is 4.55. The van der Waals surface area contributed by atoms with Crippen molar-refractivity contribution in [3.8, 4) is 5.69 Å². The largest absolute Gasteiger partial charge is 0.294 e. The molecule has 1 aliphatic rings. The number of aromatic nitrogens is 2. The molecule has 0 amide bonds. The first-order chi connectivity index (χ1) is 8.68. The van der Waals surface area contributed by atoms with Crippen LogP contribution in [0.15, 0.2) is 24.3 Å². The minimum atomic E-state index is 0.201. The van der Waals surface area contributed by atoms with Gasteiger partial charge in [0.1, 0.15) is 0 Å². The third-order valence-corrected chi connectivity index (χ3v) is 3.69. The number of halogens is 1. The first-order valence-corrected chi connectivity index (χ1v) is 6.43. The van der Waals surface area contributed by atoms with Crippen LogP contribution in [0.25, 0.3) is 5.69 Å². The molecule has 1 aromatic heterocycles. The van der Waals surface area contributed by atoms with E-state index in [9.17, 15) is 4.79 Å². The summed E-state index contributed by atoms with van der Waals surface area (Å²) in [5, 5.41) is 5.19. The summed E-state index contributed by atoms with van der Waals surface area (Å²) in [6.45, 7) is 1.93. The maximum Gasteiger partial charge on any atom is 0.166 e. The molecule has 1 aliphatic carbocycles. The Bertz CT molecular complexity index is 631. The van der Waals surface area contributed by atoms with Gasteiger partial charge in [-0.2, -0.15) is 5.10 Å². The lowest BCUT2D eigenvalue weighted by atomic mass is 9.95. The first kappa shape index (κ1) is 11.5. The first-order valence-electron chi connectivity index (χ1n) is 6.05. The number of hydrogen-bond acceptors (Lipinski definition) is 2. The number of para-hydroxylation sites is 1. The predicted octanol–water partition coefficient (Wildman–Crippen LogP) is 3.35. The third-order valence-electron chi connectivity index (χ3n) is 3.37. The quantitative estimate of drug-likeness (QED) is 0.788. The summed E-state index contributed by atoms with van der Waals surface area (Å²) in [6.07, 6.45) is 2.40. The summed E-state index contributed by atoms with van der Waals surface area (Å²) in [5.41, 5.74) is 3.42. The van der Waals surface area contributed by atoms with Crippen molar-refractivity contribution >= 4 is 17.4 Å². The minimum absolute atomic E-state index is 0.201. The van der Waals surface area contributed by atoms with Crippen LogP contribution in [0, 0.1) is 6.92 Å². The van der Waals surface area contributed by atoms with Crippen LogP contribution in [-0.2, 0) is 6.42 Å². The van der Waals surface area contributed by atoms with Gasteiger partial charge < -0.3 is 0 Å². The molecular formula is C14H13ClN2O. The number of hydrogen-bond donors (Lipinski definition) is 0. The fourth-order valence-electron chi connectivity index (χ4n) is 2.50. The molecule has 2 aromatic rings. The van der Waals surface area contributed by atoms with Gasteiger partial charge in [-0.1, -0.05) is 23.7 Å². The molecule has 1 heterocycles. The van der Waals surface area contributed by atoms with E-state index in [2.05, 4.69) is 5.10 Å². The number of nitrogens with zero attached hydrogens (tertiary/aromatic N) is 2. The molecule has 18 heavy (non-hydrogen) atoms. The van der Waals surface area contributed by atoms with Crippen LogP contribution in [0.3, 0.4) is 0 Å². The Kier molecular flexibility index (Phi) is 2.71. The van der Waals surface area contributed by atoms with Crippen LogP contribution in [0.5, 0.6) is 0 Å². The summed E-state index contributed by atoms with van der Waals surface area (Å²) in [5.74, 6) is 0.201. The van der Waals surface area contributed by atoms with Gasteiger partial charge >= 0.3 is 0 Å². The molecule has 4 heteroatoms. The van der Waals surface area contributed by atoms with Gasteiger partial charge in [-0.3, -0.25) is 4.79 Å². The monoisotopic (exact) mass is 260 g/mol. The molecule has 0 spiro atoms. The van der Waals surface area contributed by atoms with Crippen molar-refractivity contribution in [1.82, 2.24) is 9.78 Å². The molecule has 3 rings (SSSR count). The van der Waals surface area contributed by atoms with E-state index in [4.69, 9.17) is 11.6 Å². The highest BCUT2D eigenvalue weighted by atomic mass is 35.5. The summed E-state index contributed by atoms with van der Waals surface area (Å²) in [7, 11) is 0. The number of carbonyl (C=O) groups is 1. The topological polar surface area (TPSA) is 34.9 Å². The Hall–Kier alpha value is -1.61. The van der Waals surface area contributed by atoms with Gasteiger partial charge in [-0.05, 0) is 31.9 Å². The summed E-state index contributed by atoms with van der Waals surface area (Å²) in [6, 6.07) is 7.55. The van der Waals surface area contributed by atoms with Crippen molar-refractivity contribution in [2.75, 3.05) is 0 Å². The Morgan fingerprint density at radius 1 is 1.28 bits per heavy atom. The van der Waals surface area contributed by atoms with Crippen molar-refractivity contribution in [3.63, 3.8) is 0 Å². The summed E-state index contributed by atoms with van der Waals surface area (Å²) in [4.78, 5) is 11.9. The molecule has 0 atom stereocenters. The molecule has 0 fully saturated rings. The second kappa shape index (κ2) is 4.25. The van der Waals surface area contributed by atoms with Gasteiger partial charge in [0.25, 0.3) is 0 Å². The number of aryl methyl sites for hydroxylation is 1. The summed E-state index contributed by atoms with van der Waals surface area (Å²) < 4.78 is 1.79. The van der Waals surface area contributed by atoms with E-state index in [1.807, 2.05) is 31.2 Å². The van der Waals surface area contributed by atoms with E-state index < -0.39 is 0 Å². The van der Waals surface area contributed by atoms with Gasteiger partial charge in [-0.25, -0.2) is 4.68 Å². The molecule has 0 unspecified atom stereocenters. The van der Waals surface area contributed by atoms with Crippen LogP contribution in [0.1, 0.15) is 34.6 Å². The molecule has 0 N–H and O–H groups in total. The fraction of sp³-hybridized carbons (Fsp3) is 0.286. The second-order valence-corrected chi connectivity index (χ2v) is 4.95. The maximum absolute atomic E-state index is 11.9. The predicted molar refractivity (Wildman–Crippen MR) is 70.6 cm³/mol. The molecule has 0 saturated carbocycles. The molecule has 0 saturated heterocycles. The zero-order valence-electron chi connectivity index (χ0n) is 10.1. The lowest BCUT2D eigenvalue weighted by Crippen LogP contribution is -2.10. The number of carbonyl (C=O) groups excluding carboxylic acids is 1. The van der Waals surface area contributed by atoms with Crippen LogP contribution >= 0.6 is 11.6 Å². The Labute approximate surface area is 110 Å². The maximum atomic E-state index is 11.9. The van der Waals surface area contributed by atoms with E-state index >= 15 is 0 Å². The molecule has 92 valence electrons. The fourth-order valence-corrected chi connectivity index (χ4v) is 2.71. The normalized spacial score (nSPS) is 14.7. The van der Waals surface area contributed by atoms with Crippen LogP contribution in [0.2, 0.25) is 5.02 Å². The minimum Gasteiger partial charge on any atom is -0.294 e.